The van der Waals surface area contributed by atoms with Crippen LogP contribution in [-0.4, -0.2) is 94.5 Å². The summed E-state index contributed by atoms with van der Waals surface area (Å²) in [6.07, 6.45) is 0.868. The van der Waals surface area contributed by atoms with Crippen LogP contribution in [0.15, 0.2) is 4.99 Å². The highest BCUT2D eigenvalue weighted by atomic mass is 32.2. The van der Waals surface area contributed by atoms with Crippen molar-refractivity contribution >= 4 is 53.3 Å². The predicted octanol–water partition coefficient (Wildman–Crippen LogP) is -3.60. The van der Waals surface area contributed by atoms with Crippen LogP contribution in [0.3, 0.4) is 0 Å². The Hall–Kier alpha value is -3.60. The number of thioether (sulfide) groups is 1. The Labute approximate surface area is 217 Å². The minimum atomic E-state index is -1.66. The fraction of sp³-hybridized carbons (Fsp3) is 0.650. The zero-order chi connectivity index (χ0) is 28.5. The van der Waals surface area contributed by atoms with Gasteiger partial charge in [-0.2, -0.15) is 11.8 Å². The van der Waals surface area contributed by atoms with Crippen molar-refractivity contribution < 1.29 is 39.0 Å². The van der Waals surface area contributed by atoms with Crippen molar-refractivity contribution in [2.45, 2.75) is 62.7 Å². The summed E-state index contributed by atoms with van der Waals surface area (Å²) in [5.41, 5.74) is 21.4. The van der Waals surface area contributed by atoms with Crippen LogP contribution in [0.5, 0.6) is 0 Å². The molecule has 37 heavy (non-hydrogen) atoms. The Morgan fingerprint density at radius 2 is 1.41 bits per heavy atom. The number of hydrogen-bond acceptors (Lipinski definition) is 9. The van der Waals surface area contributed by atoms with Crippen LogP contribution >= 0.6 is 11.8 Å². The highest BCUT2D eigenvalue weighted by Gasteiger charge is 2.31. The lowest BCUT2D eigenvalue weighted by Crippen LogP contribution is -2.57. The molecule has 0 aromatic rings. The molecule has 0 aliphatic heterocycles. The summed E-state index contributed by atoms with van der Waals surface area (Å²) in [5, 5.41) is 25.3. The van der Waals surface area contributed by atoms with Crippen LogP contribution in [0.1, 0.15) is 38.5 Å². The van der Waals surface area contributed by atoms with Crippen LogP contribution in [0, 0.1) is 0 Å². The quantitative estimate of drug-likeness (QED) is 0.0429. The van der Waals surface area contributed by atoms with E-state index in [0.29, 0.717) is 12.2 Å². The molecule has 16 nitrogen and oxygen atoms in total. The van der Waals surface area contributed by atoms with E-state index in [4.69, 9.17) is 22.9 Å². The first-order valence-electron chi connectivity index (χ1n) is 11.2. The summed E-state index contributed by atoms with van der Waals surface area (Å²) in [6, 6.07) is -5.43. The van der Waals surface area contributed by atoms with Crippen LogP contribution in [0.4, 0.5) is 0 Å². The van der Waals surface area contributed by atoms with Crippen molar-refractivity contribution in [2.75, 3.05) is 18.6 Å². The first-order valence-corrected chi connectivity index (χ1v) is 12.6. The first-order chi connectivity index (χ1) is 17.3. The molecule has 0 spiro atoms. The number of amides is 4. The molecule has 17 heteroatoms. The third-order valence-corrected chi connectivity index (χ3v) is 5.50. The molecule has 4 amide bonds. The summed E-state index contributed by atoms with van der Waals surface area (Å²) in [6.45, 7) is 0.217. The molecule has 0 saturated carbocycles. The van der Waals surface area contributed by atoms with Gasteiger partial charge in [-0.05, 0) is 37.7 Å². The van der Waals surface area contributed by atoms with Crippen molar-refractivity contribution in [1.29, 1.82) is 0 Å². The Balaban J connectivity index is 5.47. The molecule has 4 atom stereocenters. The molecular formula is C20H36N8O8S. The normalized spacial score (nSPS) is 13.8. The molecule has 0 rings (SSSR count). The number of carboxylic acid groups (broad SMARTS) is 2. The number of guanidine groups is 1. The van der Waals surface area contributed by atoms with Gasteiger partial charge in [0.05, 0.1) is 12.5 Å². The van der Waals surface area contributed by atoms with Gasteiger partial charge in [-0.15, -0.1) is 0 Å². The van der Waals surface area contributed by atoms with E-state index < -0.39 is 66.2 Å². The van der Waals surface area contributed by atoms with Gasteiger partial charge in [-0.25, -0.2) is 4.79 Å². The standard InChI is InChI=1S/C20H36N8O8S/c1-37-8-6-12(19(35)36)27-18(34)13(9-15(30)31)28-17(33)11(4-5-14(22)29)26-16(32)10(21)3-2-7-25-20(23)24/h10-13H,2-9,21H2,1H3,(H2,22,29)(H,26,32)(H,27,34)(H,28,33)(H,30,31)(H,35,36)(H4,23,24,25). The van der Waals surface area contributed by atoms with E-state index in [9.17, 15) is 39.0 Å². The van der Waals surface area contributed by atoms with Gasteiger partial charge < -0.3 is 49.1 Å². The maximum atomic E-state index is 12.9. The number of hydrogen-bond donors (Lipinski definition) is 9. The molecule has 0 heterocycles. The predicted molar refractivity (Wildman–Crippen MR) is 135 cm³/mol. The molecule has 0 fully saturated rings. The van der Waals surface area contributed by atoms with Gasteiger partial charge in [-0.1, -0.05) is 0 Å². The molecule has 0 radical (unpaired) electrons. The number of nitrogens with two attached hydrogens (primary N) is 4. The molecule has 0 aliphatic rings. The van der Waals surface area contributed by atoms with E-state index in [-0.39, 0.29) is 38.2 Å². The van der Waals surface area contributed by atoms with Crippen LogP contribution < -0.4 is 38.9 Å². The van der Waals surface area contributed by atoms with Gasteiger partial charge >= 0.3 is 11.9 Å². The highest BCUT2D eigenvalue weighted by Crippen LogP contribution is 2.05. The van der Waals surface area contributed by atoms with E-state index in [2.05, 4.69) is 20.9 Å². The Bertz CT molecular complexity index is 852. The number of aliphatic carboxylic acids is 2. The average molecular weight is 549 g/mol. The molecule has 0 bridgehead atoms. The van der Waals surface area contributed by atoms with Gasteiger partial charge in [0.15, 0.2) is 5.96 Å². The van der Waals surface area contributed by atoms with E-state index in [1.165, 1.54) is 11.8 Å². The maximum Gasteiger partial charge on any atom is 0.326 e. The van der Waals surface area contributed by atoms with Crippen LogP contribution in [-0.2, 0) is 28.8 Å². The molecule has 210 valence electrons. The zero-order valence-corrected chi connectivity index (χ0v) is 21.3. The number of primary amides is 1. The number of nitrogens with zero attached hydrogens (tertiary/aromatic N) is 1. The fourth-order valence-electron chi connectivity index (χ4n) is 2.91. The second kappa shape index (κ2) is 17.8. The summed E-state index contributed by atoms with van der Waals surface area (Å²) >= 11 is 1.35. The Kier molecular flexibility index (Phi) is 16.0. The van der Waals surface area contributed by atoms with Gasteiger partial charge in [0.25, 0.3) is 0 Å². The smallest absolute Gasteiger partial charge is 0.326 e. The molecule has 0 aliphatic carbocycles. The number of nitrogens with one attached hydrogen (secondary N) is 3. The lowest BCUT2D eigenvalue weighted by Gasteiger charge is -2.24. The summed E-state index contributed by atoms with van der Waals surface area (Å²) in [7, 11) is 0. The van der Waals surface area contributed by atoms with Crippen molar-refractivity contribution in [1.82, 2.24) is 16.0 Å². The Morgan fingerprint density at radius 1 is 0.838 bits per heavy atom. The lowest BCUT2D eigenvalue weighted by atomic mass is 10.1. The monoisotopic (exact) mass is 548 g/mol. The number of carbonyl (C=O) groups is 6. The van der Waals surface area contributed by atoms with E-state index in [1.54, 1.807) is 6.26 Å². The molecule has 13 N–H and O–H groups in total. The number of aliphatic imine (C=N–C) groups is 1. The maximum absolute atomic E-state index is 12.9. The minimum absolute atomic E-state index is 0.0638. The highest BCUT2D eigenvalue weighted by molar-refractivity contribution is 7.98. The fourth-order valence-corrected chi connectivity index (χ4v) is 3.38. The number of carbonyl (C=O) groups excluding carboxylic acids is 4. The molecular weight excluding hydrogens is 512 g/mol. The van der Waals surface area contributed by atoms with Crippen molar-refractivity contribution in [3.05, 3.63) is 0 Å². The van der Waals surface area contributed by atoms with Crippen molar-refractivity contribution in [2.24, 2.45) is 27.9 Å². The number of carboxylic acids is 2. The van der Waals surface area contributed by atoms with E-state index >= 15 is 0 Å². The SMILES string of the molecule is CSCCC(NC(=O)C(CC(=O)O)NC(=O)C(CCC(N)=O)NC(=O)C(N)CCCN=C(N)N)C(=O)O. The summed E-state index contributed by atoms with van der Waals surface area (Å²) in [4.78, 5) is 75.7. The van der Waals surface area contributed by atoms with Gasteiger partial charge in [0.1, 0.15) is 18.1 Å². The summed E-state index contributed by atoms with van der Waals surface area (Å²) < 4.78 is 0. The second-order valence-corrected chi connectivity index (χ2v) is 8.95. The van der Waals surface area contributed by atoms with Gasteiger partial charge in [0, 0.05) is 13.0 Å². The molecule has 0 saturated heterocycles. The molecule has 0 aromatic carbocycles. The second-order valence-electron chi connectivity index (χ2n) is 7.96. The zero-order valence-electron chi connectivity index (χ0n) is 20.5. The third-order valence-electron chi connectivity index (χ3n) is 4.85. The molecule has 0 aromatic heterocycles. The lowest BCUT2D eigenvalue weighted by molar-refractivity contribution is -0.143. The van der Waals surface area contributed by atoms with Crippen molar-refractivity contribution in [3.8, 4) is 0 Å². The largest absolute Gasteiger partial charge is 0.481 e. The first kappa shape index (κ1) is 33.4. The Morgan fingerprint density at radius 3 is 1.92 bits per heavy atom. The van der Waals surface area contributed by atoms with Crippen molar-refractivity contribution in [3.63, 3.8) is 0 Å². The van der Waals surface area contributed by atoms with Gasteiger partial charge in [0.2, 0.25) is 23.6 Å². The average Bonchev–Trinajstić information content (AvgIpc) is 2.80. The van der Waals surface area contributed by atoms with E-state index in [1.807, 2.05) is 0 Å². The van der Waals surface area contributed by atoms with Crippen LogP contribution in [0.2, 0.25) is 0 Å². The third kappa shape index (κ3) is 15.2. The van der Waals surface area contributed by atoms with Crippen LogP contribution in [0.25, 0.3) is 0 Å². The van der Waals surface area contributed by atoms with Gasteiger partial charge in [-0.3, -0.25) is 29.0 Å². The van der Waals surface area contributed by atoms with E-state index in [0.717, 1.165) is 0 Å². The molecule has 4 unspecified atom stereocenters. The number of rotatable bonds is 19. The minimum Gasteiger partial charge on any atom is -0.481 e. The topological polar surface area (TPSA) is 295 Å². The summed E-state index contributed by atoms with van der Waals surface area (Å²) in [5.74, 6) is -6.05.